The normalized spacial score (nSPS) is 26.9. The summed E-state index contributed by atoms with van der Waals surface area (Å²) in [6, 6.07) is 1.33. The van der Waals surface area contributed by atoms with Crippen LogP contribution in [0.5, 0.6) is 0 Å². The van der Waals surface area contributed by atoms with Crippen molar-refractivity contribution in [2.45, 2.75) is 56.6 Å². The smallest absolute Gasteiger partial charge is 0.351 e. The fraction of sp³-hybridized carbons (Fsp3) is 0.520. The van der Waals surface area contributed by atoms with Crippen LogP contribution in [0.3, 0.4) is 0 Å². The van der Waals surface area contributed by atoms with E-state index in [1.807, 2.05) is 0 Å². The van der Waals surface area contributed by atoms with Crippen LogP contribution in [0.15, 0.2) is 58.2 Å². The van der Waals surface area contributed by atoms with Gasteiger partial charge in [0.15, 0.2) is 0 Å². The fourth-order valence-corrected chi connectivity index (χ4v) is 10.9. The summed E-state index contributed by atoms with van der Waals surface area (Å²) < 4.78 is 113. The topological polar surface area (TPSA) is 489 Å². The summed E-state index contributed by atoms with van der Waals surface area (Å²) in [5, 5.41) is 0. The Kier molecular flexibility index (Phi) is 19.4. The molecule has 0 saturated carbocycles. The summed E-state index contributed by atoms with van der Waals surface area (Å²) in [7, 11) is -35.2. The molecule has 63 heavy (non-hydrogen) atoms. The van der Waals surface area contributed by atoms with Crippen LogP contribution in [-0.4, -0.2) is 79.7 Å². The van der Waals surface area contributed by atoms with Gasteiger partial charge in [-0.25, -0.2) is 26.8 Å². The molecular weight excluding hydrogens is 988 g/mol. The molecule has 2 aliphatic rings. The van der Waals surface area contributed by atoms with Gasteiger partial charge in [0.2, 0.25) is 0 Å². The monoisotopic (exact) mass is 1020 g/mol. The number of aryl methyl sites for hydroxylation is 1. The highest BCUT2D eigenvalue weighted by atomic mass is 31.3. The molecule has 4 heterocycles. The van der Waals surface area contributed by atoms with E-state index in [2.05, 4.69) is 49.4 Å². The lowest BCUT2D eigenvalue weighted by Gasteiger charge is -2.33. The third kappa shape index (κ3) is 18.7. The van der Waals surface area contributed by atoms with Crippen LogP contribution < -0.4 is 52.0 Å². The molecule has 2 fully saturated rings. The van der Waals surface area contributed by atoms with E-state index in [4.69, 9.17) is 34.5 Å². The van der Waals surface area contributed by atoms with E-state index >= 15 is 0 Å². The molecule has 2 aromatic heterocycles. The van der Waals surface area contributed by atoms with Gasteiger partial charge in [-0.15, -0.1) is 13.2 Å². The third-order valence-electron chi connectivity index (χ3n) is 7.44. The zero-order valence-corrected chi connectivity index (χ0v) is 37.1. The minimum Gasteiger partial charge on any atom is -0.756 e. The molecule has 2 saturated heterocycles. The number of phosphoric acid groups is 6. The maximum Gasteiger partial charge on any atom is 0.351 e. The number of nitrogens with one attached hydrogen (secondary N) is 1. The minimum atomic E-state index is -6.05. The van der Waals surface area contributed by atoms with Gasteiger partial charge in [-0.2, -0.15) is 4.98 Å². The van der Waals surface area contributed by atoms with Gasteiger partial charge in [-0.3, -0.25) is 46.3 Å². The summed E-state index contributed by atoms with van der Waals surface area (Å²) >= 11 is 0. The number of nitrogens with two attached hydrogens (primary N) is 1. The Morgan fingerprint density at radius 2 is 1.21 bits per heavy atom. The Balaban J connectivity index is 0.000000335. The Bertz CT molecular complexity index is 2410. The third-order valence-corrected chi connectivity index (χ3v) is 14.8. The van der Waals surface area contributed by atoms with Crippen LogP contribution in [0.1, 0.15) is 30.9 Å². The lowest BCUT2D eigenvalue weighted by Crippen LogP contribution is -2.33. The van der Waals surface area contributed by atoms with Gasteiger partial charge in [0, 0.05) is 30.8 Å². The van der Waals surface area contributed by atoms with E-state index in [0.717, 1.165) is 9.13 Å². The zero-order chi connectivity index (χ0) is 47.8. The molecule has 358 valence electrons. The molecule has 5 N–H and O–H groups in total. The number of nitrogen functional groups attached to an aromatic ring is 1. The quantitative estimate of drug-likeness (QED) is 0.0651. The van der Waals surface area contributed by atoms with Crippen molar-refractivity contribution < 1.29 is 112 Å². The molecule has 0 spiro atoms. The minimum absolute atomic E-state index is 0.00121. The highest BCUT2D eigenvalue weighted by Gasteiger charge is 2.40. The van der Waals surface area contributed by atoms with Crippen molar-refractivity contribution in [3.63, 3.8) is 0 Å². The van der Waals surface area contributed by atoms with E-state index in [1.165, 1.54) is 37.5 Å². The first-order chi connectivity index (χ1) is 28.8. The molecule has 0 amide bonds. The highest BCUT2D eigenvalue weighted by molar-refractivity contribution is 7.65. The van der Waals surface area contributed by atoms with E-state index in [-0.39, 0.29) is 37.4 Å². The summed E-state index contributed by atoms with van der Waals surface area (Å²) in [5.41, 5.74) is 3.45. The molecule has 0 aliphatic carbocycles. The van der Waals surface area contributed by atoms with Crippen molar-refractivity contribution in [2.24, 2.45) is 0 Å². The van der Waals surface area contributed by atoms with Crippen molar-refractivity contribution in [3.05, 3.63) is 80.7 Å². The van der Waals surface area contributed by atoms with Crippen molar-refractivity contribution in [3.8, 4) is 0 Å². The maximum absolute atomic E-state index is 12.1. The van der Waals surface area contributed by atoms with Crippen molar-refractivity contribution >= 4 is 52.8 Å². The van der Waals surface area contributed by atoms with Crippen molar-refractivity contribution in [2.75, 3.05) is 32.2 Å². The second kappa shape index (κ2) is 22.3. The number of phosphoric ester groups is 2. The Morgan fingerprint density at radius 1 is 0.778 bits per heavy atom. The first kappa shape index (κ1) is 54.8. The van der Waals surface area contributed by atoms with Gasteiger partial charge in [0.1, 0.15) is 30.5 Å². The van der Waals surface area contributed by atoms with Crippen LogP contribution in [0.25, 0.3) is 0 Å². The summed E-state index contributed by atoms with van der Waals surface area (Å²) in [6.45, 7) is 6.68. The van der Waals surface area contributed by atoms with E-state index in [9.17, 15) is 71.1 Å². The number of hydrogen-bond donors (Lipinski definition) is 4. The molecule has 2 aliphatic heterocycles. The number of aromatic amines is 1. The number of H-pyrrole nitrogens is 1. The number of nitrogens with zero attached hydrogens (tertiary/aromatic N) is 3. The SMILES string of the molecule is C=CCOC1C[C@H](n2cc(C)c(=O)[nH]c2=O)O[C@@H]1COP(=O)([O-])OP(=O)([O-])OP(=O)([O-])O.C=CCOC1C[C@H](n2ccc(N)nc2=O)O[C@@H]1COP(=O)([O-])OP(=O)([O-])OP(=O)([O-])O. The fourth-order valence-electron chi connectivity index (χ4n) is 5.13. The molecule has 32 nitrogen and oxygen atoms in total. The van der Waals surface area contributed by atoms with Crippen LogP contribution in [0.2, 0.25) is 0 Å². The maximum atomic E-state index is 12.1. The largest absolute Gasteiger partial charge is 0.756 e. The van der Waals surface area contributed by atoms with Crippen LogP contribution in [0.4, 0.5) is 5.82 Å². The van der Waals surface area contributed by atoms with Gasteiger partial charge in [-0.1, -0.05) is 12.2 Å². The molecular formula is C25H35N5O27P6-6. The Labute approximate surface area is 352 Å². The van der Waals surface area contributed by atoms with Crippen LogP contribution in [0, 0.1) is 6.92 Å². The molecule has 4 rings (SSSR count). The molecule has 12 atom stereocenters. The number of hydrogen-bond acceptors (Lipinski definition) is 27. The van der Waals surface area contributed by atoms with Gasteiger partial charge >= 0.3 is 11.4 Å². The second-order valence-corrected chi connectivity index (χ2v) is 20.8. The van der Waals surface area contributed by atoms with Gasteiger partial charge in [0.25, 0.3) is 52.5 Å². The van der Waals surface area contributed by atoms with E-state index < -0.39 is 114 Å². The van der Waals surface area contributed by atoms with Gasteiger partial charge in [-0.05, 0) is 13.0 Å². The standard InChI is InChI=1S/C13H21N2O14P3.C12H20N3O13P3/c1-3-4-25-9-5-11(15-6-8(2)12(16)14-13(15)17)27-10(9)7-26-31(21,22)29-32(23,24)28-30(18,19)20;1-2-5-24-8-6-11(15-4-3-10(13)14-12(15)16)26-9(8)7-25-30(20,21)28-31(22,23)27-29(17,18)19/h3,6,9-11H,1,4-5,7H2,2H3,(H,21,22)(H,23,24)(H,14,16,17)(H2,18,19,20);2-4,8-9,11H,1,5-7H2,(H,20,21)(H,22,23)(H2,13,14,16)(H2,17,18,19)/p-6/t9?,10-,11-;8?,9-,11-/m11/s1. The van der Waals surface area contributed by atoms with E-state index in [1.54, 1.807) is 0 Å². The average molecular weight is 1020 g/mol. The number of aromatic nitrogens is 4. The predicted molar refractivity (Wildman–Crippen MR) is 192 cm³/mol. The molecule has 2 aromatic rings. The Morgan fingerprint density at radius 3 is 1.60 bits per heavy atom. The summed E-state index contributed by atoms with van der Waals surface area (Å²) in [4.78, 5) is 125. The Hall–Kier alpha value is -2.50. The predicted octanol–water partition coefficient (Wildman–Crippen LogP) is -3.72. The van der Waals surface area contributed by atoms with E-state index in [0.29, 0.717) is 0 Å². The molecule has 38 heteroatoms. The lowest BCUT2D eigenvalue weighted by molar-refractivity contribution is -0.254. The number of anilines is 1. The molecule has 0 bridgehead atoms. The van der Waals surface area contributed by atoms with Crippen molar-refractivity contribution in [1.82, 2.24) is 19.1 Å². The molecule has 0 radical (unpaired) electrons. The lowest BCUT2D eigenvalue weighted by atomic mass is 10.2. The molecule has 8 unspecified atom stereocenters. The first-order valence-electron chi connectivity index (χ1n) is 16.7. The first-order valence-corrected chi connectivity index (χ1v) is 25.6. The van der Waals surface area contributed by atoms with Gasteiger partial charge < -0.3 is 72.9 Å². The summed E-state index contributed by atoms with van der Waals surface area (Å²) in [6.07, 6.45) is -0.642. The number of rotatable bonds is 22. The second-order valence-electron chi connectivity index (χ2n) is 12.2. The van der Waals surface area contributed by atoms with Crippen molar-refractivity contribution in [1.29, 1.82) is 0 Å². The number of ether oxygens (including phenoxy) is 4. The average Bonchev–Trinajstić information content (AvgIpc) is 3.70. The zero-order valence-electron chi connectivity index (χ0n) is 31.7. The van der Waals surface area contributed by atoms with Crippen LogP contribution in [-0.2, 0) is 72.6 Å². The summed E-state index contributed by atoms with van der Waals surface area (Å²) in [5.74, 6) is -0.0298. The van der Waals surface area contributed by atoms with Crippen LogP contribution >= 0.6 is 46.9 Å². The van der Waals surface area contributed by atoms with Gasteiger partial charge in [0.05, 0.1) is 38.6 Å². The highest BCUT2D eigenvalue weighted by Crippen LogP contribution is 2.62. The molecule has 0 aromatic carbocycles.